The van der Waals surface area contributed by atoms with Gasteiger partial charge in [0, 0.05) is 0 Å². The molecule has 1 aromatic carbocycles. The second-order valence-corrected chi connectivity index (χ2v) is 7.44. The molecule has 1 radical (unpaired) electrons. The van der Waals surface area contributed by atoms with Crippen LogP contribution in [0.2, 0.25) is 0 Å². The fraction of sp³-hybridized carbons (Fsp3) is 0. The number of benzene rings is 1. The summed E-state index contributed by atoms with van der Waals surface area (Å²) in [6.07, 6.45) is 0. The van der Waals surface area contributed by atoms with E-state index in [9.17, 15) is 0 Å². The maximum atomic E-state index is 5.67. The molecule has 0 bridgehead atoms. The maximum absolute atomic E-state index is 5.67. The van der Waals surface area contributed by atoms with Gasteiger partial charge in [0.15, 0.2) is 0 Å². The van der Waals surface area contributed by atoms with Crippen molar-refractivity contribution in [2.45, 2.75) is 0 Å². The first-order valence-corrected chi connectivity index (χ1v) is 8.15. The molecule has 0 fully saturated rings. The van der Waals surface area contributed by atoms with E-state index in [0.717, 1.165) is 5.56 Å². The standard InChI is InChI=1S/C7H6.CH3.CH2.2ClH.Ru/c1-7-5-3-2-4-6-7;;;;;/h1-6H;1H3;1H2;2*1H;/q;-1;+1;;;+2/p-2. The molecule has 0 aliphatic rings. The third kappa shape index (κ3) is 5.77. The monoisotopic (exact) mass is 291 g/mol. The predicted molar refractivity (Wildman–Crippen MR) is 55.1 cm³/mol. The first-order valence-electron chi connectivity index (χ1n) is 2.67. The molecule has 0 aliphatic carbocycles. The zero-order chi connectivity index (χ0) is 7.40. The van der Waals surface area contributed by atoms with Crippen LogP contribution in [0, 0.1) is 14.9 Å². The van der Waals surface area contributed by atoms with Crippen LogP contribution in [0.25, 0.3) is 0 Å². The minimum atomic E-state index is -1.61. The second kappa shape index (κ2) is 7.79. The Bertz CT molecular complexity index is 228. The quantitative estimate of drug-likeness (QED) is 0.548. The molecule has 1 rings (SSSR count). The van der Waals surface area contributed by atoms with Crippen LogP contribution >= 0.6 is 19.4 Å². The van der Waals surface area contributed by atoms with Crippen LogP contribution in [-0.2, 0) is 13.5 Å². The van der Waals surface area contributed by atoms with Gasteiger partial charge in [0.2, 0.25) is 7.43 Å². The van der Waals surface area contributed by atoms with Crippen LogP contribution in [-0.4, -0.2) is 4.61 Å². The Balaban J connectivity index is 0. The van der Waals surface area contributed by atoms with Gasteiger partial charge >= 0.3 is 73.4 Å². The molecule has 12 heavy (non-hydrogen) atoms. The third-order valence-corrected chi connectivity index (χ3v) is 2.87. The van der Waals surface area contributed by atoms with E-state index in [1.165, 1.54) is 0 Å². The summed E-state index contributed by atoms with van der Waals surface area (Å²) in [4.78, 5) is 0. The molecule has 0 unspecified atom stereocenters. The molecule has 0 nitrogen and oxygen atoms in total. The molecule has 0 saturated carbocycles. The van der Waals surface area contributed by atoms with E-state index in [1.807, 2.05) is 34.9 Å². The Kier molecular flexibility index (Phi) is 9.53. The molecule has 0 N–H and O–H groups in total. The van der Waals surface area contributed by atoms with Gasteiger partial charge in [-0.1, -0.05) is 0 Å². The molecule has 0 spiro atoms. The van der Waals surface area contributed by atoms with Crippen molar-refractivity contribution in [3.63, 3.8) is 0 Å². The molecule has 69 valence electrons. The van der Waals surface area contributed by atoms with Crippen molar-refractivity contribution in [3.05, 3.63) is 50.7 Å². The SMILES string of the molecule is [CH2+].[CH3-].[Cl][Ru]([Cl])=[CH]c1ccccc1. The van der Waals surface area contributed by atoms with Gasteiger partial charge in [0.05, 0.1) is 0 Å². The van der Waals surface area contributed by atoms with E-state index in [1.54, 1.807) is 0 Å². The van der Waals surface area contributed by atoms with Crippen LogP contribution in [0.5, 0.6) is 0 Å². The second-order valence-electron chi connectivity index (χ2n) is 1.72. The minimum absolute atomic E-state index is 0. The average molecular weight is 291 g/mol. The molecule has 0 atom stereocenters. The van der Waals surface area contributed by atoms with Gasteiger partial charge in [-0.15, -0.1) is 0 Å². The van der Waals surface area contributed by atoms with Crippen molar-refractivity contribution < 1.29 is 13.5 Å². The predicted octanol–water partition coefficient (Wildman–Crippen LogP) is 3.54. The molecular weight excluding hydrogens is 280 g/mol. The molecule has 0 saturated heterocycles. The van der Waals surface area contributed by atoms with Crippen molar-refractivity contribution in [3.8, 4) is 0 Å². The van der Waals surface area contributed by atoms with Crippen LogP contribution in [0.15, 0.2) is 30.3 Å². The molecule has 3 heteroatoms. The summed E-state index contributed by atoms with van der Waals surface area (Å²) < 4.78 is 1.92. The normalized spacial score (nSPS) is 9.00. The summed E-state index contributed by atoms with van der Waals surface area (Å²) in [7, 11) is 11.3. The first-order chi connectivity index (χ1) is 4.79. The van der Waals surface area contributed by atoms with Gasteiger partial charge in [0.1, 0.15) is 0 Å². The molecule has 0 heterocycles. The average Bonchev–Trinajstić information content (AvgIpc) is 1.88. The van der Waals surface area contributed by atoms with E-state index in [-0.39, 0.29) is 14.9 Å². The van der Waals surface area contributed by atoms with E-state index >= 15 is 0 Å². The topological polar surface area (TPSA) is 0 Å². The Hall–Kier alpha value is 0.163. The molecular formula is C9H11Cl2Ru. The van der Waals surface area contributed by atoms with Gasteiger partial charge in [-0.25, -0.2) is 0 Å². The van der Waals surface area contributed by atoms with Crippen molar-refractivity contribution in [1.29, 1.82) is 0 Å². The van der Waals surface area contributed by atoms with E-state index in [2.05, 4.69) is 0 Å². The Morgan fingerprint density at radius 2 is 1.58 bits per heavy atom. The van der Waals surface area contributed by atoms with Crippen LogP contribution in [0.3, 0.4) is 0 Å². The number of rotatable bonds is 1. The molecule has 1 aromatic rings. The first kappa shape index (κ1) is 14.7. The Morgan fingerprint density at radius 3 is 2.00 bits per heavy atom. The number of hydrogen-bond donors (Lipinski definition) is 0. The number of hydrogen-bond acceptors (Lipinski definition) is 0. The van der Waals surface area contributed by atoms with E-state index in [0.29, 0.717) is 0 Å². The number of halogens is 2. The summed E-state index contributed by atoms with van der Waals surface area (Å²) in [6, 6.07) is 9.89. The summed E-state index contributed by atoms with van der Waals surface area (Å²) in [5, 5.41) is 0. The van der Waals surface area contributed by atoms with Gasteiger partial charge in [-0.3, -0.25) is 0 Å². The summed E-state index contributed by atoms with van der Waals surface area (Å²) in [6.45, 7) is 0. The zero-order valence-corrected chi connectivity index (χ0v) is 10.0. The third-order valence-electron chi connectivity index (χ3n) is 0.995. The van der Waals surface area contributed by atoms with Gasteiger partial charge in [0.25, 0.3) is 0 Å². The Morgan fingerprint density at radius 1 is 1.08 bits per heavy atom. The summed E-state index contributed by atoms with van der Waals surface area (Å²) in [5.74, 6) is 0. The molecule has 0 amide bonds. The van der Waals surface area contributed by atoms with Crippen LogP contribution < -0.4 is 0 Å². The van der Waals surface area contributed by atoms with Crippen molar-refractivity contribution in [2.75, 3.05) is 0 Å². The van der Waals surface area contributed by atoms with Crippen LogP contribution in [0.4, 0.5) is 0 Å². The van der Waals surface area contributed by atoms with Gasteiger partial charge in [-0.2, -0.15) is 0 Å². The van der Waals surface area contributed by atoms with E-state index < -0.39 is 13.5 Å². The van der Waals surface area contributed by atoms with Gasteiger partial charge in [-0.05, 0) is 0 Å². The molecule has 0 aliphatic heterocycles. The van der Waals surface area contributed by atoms with Crippen molar-refractivity contribution in [1.82, 2.24) is 0 Å². The molecule has 0 aromatic heterocycles. The zero-order valence-electron chi connectivity index (χ0n) is 6.78. The van der Waals surface area contributed by atoms with Crippen LogP contribution in [0.1, 0.15) is 5.56 Å². The summed E-state index contributed by atoms with van der Waals surface area (Å²) >= 11 is -1.61. The summed E-state index contributed by atoms with van der Waals surface area (Å²) in [5.41, 5.74) is 1.12. The van der Waals surface area contributed by atoms with Gasteiger partial charge < -0.3 is 7.43 Å². The fourth-order valence-electron chi connectivity index (χ4n) is 0.610. The van der Waals surface area contributed by atoms with E-state index in [4.69, 9.17) is 19.4 Å². The Labute approximate surface area is 88.0 Å². The van der Waals surface area contributed by atoms with Crippen molar-refractivity contribution >= 4 is 24.0 Å². The van der Waals surface area contributed by atoms with Crippen molar-refractivity contribution in [2.24, 2.45) is 0 Å². The fourth-order valence-corrected chi connectivity index (χ4v) is 2.44.